The van der Waals surface area contributed by atoms with Gasteiger partial charge in [-0.25, -0.2) is 14.4 Å². The van der Waals surface area contributed by atoms with E-state index in [1.165, 1.54) is 51.5 Å². The number of carbonyl (C=O) groups excluding carboxylic acids is 6. The van der Waals surface area contributed by atoms with Crippen molar-refractivity contribution in [3.8, 4) is 23.0 Å². The Morgan fingerprint density at radius 2 is 1.11 bits per heavy atom. The van der Waals surface area contributed by atoms with Crippen LogP contribution in [0.5, 0.6) is 23.0 Å². The van der Waals surface area contributed by atoms with Crippen LogP contribution in [0.15, 0.2) is 84.7 Å². The minimum absolute atomic E-state index is 0.0314. The Morgan fingerprint density at radius 1 is 0.637 bits per heavy atom. The van der Waals surface area contributed by atoms with Gasteiger partial charge in [-0.2, -0.15) is 0 Å². The van der Waals surface area contributed by atoms with E-state index in [4.69, 9.17) is 37.3 Å². The molecule has 0 bridgehead atoms. The lowest BCUT2D eigenvalue weighted by atomic mass is 10.0. The monoisotopic (exact) mass is 1300 g/mol. The number of amides is 7. The van der Waals surface area contributed by atoms with Crippen molar-refractivity contribution in [2.75, 3.05) is 63.2 Å². The summed E-state index contributed by atoms with van der Waals surface area (Å²) in [6, 6.07) is 9.98. The first-order valence-corrected chi connectivity index (χ1v) is 36.6. The number of methoxy groups -OCH3 is 2. The number of unbranched alkanes of at least 4 members (excludes halogenated alkanes) is 2. The van der Waals surface area contributed by atoms with E-state index in [2.05, 4.69) is 101 Å². The third kappa shape index (κ3) is 20.8. The summed E-state index contributed by atoms with van der Waals surface area (Å²) in [5.74, 6) is -1.25. The van der Waals surface area contributed by atoms with E-state index in [1.807, 2.05) is 13.8 Å². The van der Waals surface area contributed by atoms with Gasteiger partial charge in [0, 0.05) is 30.2 Å². The van der Waals surface area contributed by atoms with E-state index < -0.39 is 70.6 Å². The fourth-order valence-electron chi connectivity index (χ4n) is 9.30. The van der Waals surface area contributed by atoms with Gasteiger partial charge in [-0.05, 0) is 125 Å². The standard InChI is InChI=1S/C66H97N7O16Si2/c1-19-27-86-64(81)71-57(41(2)3)59(75)67-44(6)58(74)68-46-25-23-45(24-26-46)38-87-63(80)70-52-35-56(54(83-14)33-50(52)61(77)73-37-43(5)31-48(73)40-89-91(17,18)66(10,11)12)85-29-22-20-21-28-84-55-34-51(69-62(78)79)49(32-53(55)82-13)60(76)72-36-42(4)30-47(72)39-88-90(15,16)65(7,8)9/h19,23-26,32-37,41,44,47-48,57,69H,1,20-22,27-31,38-40H2,2-18H3,(H,67,75)(H,68,74)(H,70,80)(H,71,81)(H,78,79). The third-order valence-electron chi connectivity index (χ3n) is 16.7. The molecule has 3 aromatic rings. The lowest BCUT2D eigenvalue weighted by Crippen LogP contribution is -2.53. The van der Waals surface area contributed by atoms with Gasteiger partial charge in [0.05, 0.1) is 75.2 Å². The third-order valence-corrected chi connectivity index (χ3v) is 25.7. The predicted molar refractivity (Wildman–Crippen MR) is 355 cm³/mol. The van der Waals surface area contributed by atoms with Crippen LogP contribution in [-0.4, -0.2) is 145 Å². The summed E-state index contributed by atoms with van der Waals surface area (Å²) < 4.78 is 47.7. The van der Waals surface area contributed by atoms with Gasteiger partial charge in [-0.3, -0.25) is 29.8 Å². The summed E-state index contributed by atoms with van der Waals surface area (Å²) in [5.41, 5.74) is 3.30. The molecule has 500 valence electrons. The summed E-state index contributed by atoms with van der Waals surface area (Å²) in [7, 11) is -1.45. The van der Waals surface area contributed by atoms with Crippen LogP contribution in [0, 0.1) is 5.92 Å². The van der Waals surface area contributed by atoms with Crippen LogP contribution >= 0.6 is 0 Å². The van der Waals surface area contributed by atoms with Crippen molar-refractivity contribution in [3.63, 3.8) is 0 Å². The van der Waals surface area contributed by atoms with Crippen LogP contribution in [0.3, 0.4) is 0 Å². The molecular formula is C66H97N7O16Si2. The van der Waals surface area contributed by atoms with Crippen molar-refractivity contribution in [2.45, 2.75) is 175 Å². The van der Waals surface area contributed by atoms with Crippen molar-refractivity contribution in [1.82, 2.24) is 20.4 Å². The molecular weight excluding hydrogens is 1200 g/mol. The average molecular weight is 1300 g/mol. The van der Waals surface area contributed by atoms with Gasteiger partial charge >= 0.3 is 18.3 Å². The van der Waals surface area contributed by atoms with Crippen molar-refractivity contribution in [2.24, 2.45) is 5.92 Å². The molecule has 2 heterocycles. The fraction of sp³-hybridized carbons (Fsp3) is 0.530. The first-order chi connectivity index (χ1) is 42.6. The maximum absolute atomic E-state index is 14.8. The van der Waals surface area contributed by atoms with Crippen LogP contribution in [-0.2, 0) is 34.5 Å². The maximum atomic E-state index is 14.8. The largest absolute Gasteiger partial charge is 0.493 e. The fourth-order valence-corrected chi connectivity index (χ4v) is 11.4. The molecule has 23 nitrogen and oxygen atoms in total. The summed E-state index contributed by atoms with van der Waals surface area (Å²) >= 11 is 0. The second-order valence-electron chi connectivity index (χ2n) is 26.4. The second kappa shape index (κ2) is 32.4. The van der Waals surface area contributed by atoms with Crippen LogP contribution in [0.2, 0.25) is 36.3 Å². The zero-order chi connectivity index (χ0) is 67.8. The average Bonchev–Trinajstić information content (AvgIpc) is 1.87. The van der Waals surface area contributed by atoms with Crippen LogP contribution in [0.1, 0.15) is 135 Å². The molecule has 3 aromatic carbocycles. The first kappa shape index (κ1) is 73.9. The Labute approximate surface area is 538 Å². The van der Waals surface area contributed by atoms with E-state index >= 15 is 0 Å². The number of hydrogen-bond acceptors (Lipinski definition) is 15. The lowest BCUT2D eigenvalue weighted by molar-refractivity contribution is -0.128. The van der Waals surface area contributed by atoms with Crippen molar-refractivity contribution in [1.29, 1.82) is 0 Å². The molecule has 91 heavy (non-hydrogen) atoms. The highest BCUT2D eigenvalue weighted by Crippen LogP contribution is 2.41. The van der Waals surface area contributed by atoms with Gasteiger partial charge in [-0.1, -0.05) is 91.3 Å². The molecule has 0 aliphatic carbocycles. The molecule has 0 fully saturated rings. The zero-order valence-corrected chi connectivity index (χ0v) is 58.2. The number of hydrogen-bond donors (Lipinski definition) is 6. The van der Waals surface area contributed by atoms with E-state index in [1.54, 1.807) is 60.3 Å². The zero-order valence-electron chi connectivity index (χ0n) is 56.2. The highest BCUT2D eigenvalue weighted by molar-refractivity contribution is 6.74. The Kier molecular flexibility index (Phi) is 26.3. The molecule has 0 saturated heterocycles. The number of nitrogens with one attached hydrogen (secondary N) is 5. The molecule has 0 spiro atoms. The number of benzene rings is 3. The molecule has 0 radical (unpaired) electrons. The summed E-state index contributed by atoms with van der Waals surface area (Å²) in [6.45, 7) is 34.8. The van der Waals surface area contributed by atoms with Crippen molar-refractivity contribution in [3.05, 3.63) is 101 Å². The summed E-state index contributed by atoms with van der Waals surface area (Å²) in [5, 5.41) is 22.8. The minimum Gasteiger partial charge on any atom is -0.493 e. The first-order valence-electron chi connectivity index (χ1n) is 30.8. The SMILES string of the molecule is C=CCOC(=O)NC(C(=O)NC(C)C(=O)Nc1ccc(COC(=O)Nc2cc(OCCCCCOc3cc(NC(=O)O)c(C(=O)N4C=C(C)CC4CO[Si](C)(C)C(C)(C)C)cc3OC)c(OC)cc2C(=O)N2C=C(C)CC2CO[Si](C)(C)C(C)(C)C)cc1)C(C)C. The number of alkyl carbamates (subject to hydrolysis) is 1. The molecule has 0 saturated carbocycles. The molecule has 2 aliphatic heterocycles. The number of rotatable bonds is 30. The van der Waals surface area contributed by atoms with E-state index in [0.29, 0.717) is 56.6 Å². The Balaban J connectivity index is 1.27. The van der Waals surface area contributed by atoms with Crippen LogP contribution in [0.4, 0.5) is 31.4 Å². The molecule has 0 aromatic heterocycles. The molecule has 4 unspecified atom stereocenters. The molecule has 4 atom stereocenters. The molecule has 2 aliphatic rings. The Hall–Kier alpha value is -7.88. The highest BCUT2D eigenvalue weighted by atomic mass is 28.4. The molecule has 7 amide bonds. The van der Waals surface area contributed by atoms with Crippen molar-refractivity contribution < 1.29 is 75.9 Å². The predicted octanol–water partition coefficient (Wildman–Crippen LogP) is 12.8. The van der Waals surface area contributed by atoms with E-state index in [9.17, 15) is 38.7 Å². The maximum Gasteiger partial charge on any atom is 0.411 e. The normalized spacial score (nSPS) is 15.8. The quantitative estimate of drug-likeness (QED) is 0.0206. The number of nitrogens with zero attached hydrogens (tertiary/aromatic N) is 2. The van der Waals surface area contributed by atoms with E-state index in [0.717, 1.165) is 11.1 Å². The van der Waals surface area contributed by atoms with E-state index in [-0.39, 0.29) is 100 Å². The minimum atomic E-state index is -2.20. The topological polar surface area (TPSA) is 280 Å². The highest BCUT2D eigenvalue weighted by Gasteiger charge is 2.42. The number of carbonyl (C=O) groups is 7. The van der Waals surface area contributed by atoms with Gasteiger partial charge in [0.15, 0.2) is 39.6 Å². The van der Waals surface area contributed by atoms with Crippen molar-refractivity contribution >= 4 is 75.6 Å². The van der Waals surface area contributed by atoms with Gasteiger partial charge < -0.3 is 68.1 Å². The smallest absolute Gasteiger partial charge is 0.411 e. The number of carboxylic acid groups (broad SMARTS) is 1. The number of ether oxygens (including phenoxy) is 6. The molecule has 5 rings (SSSR count). The number of anilines is 3. The summed E-state index contributed by atoms with van der Waals surface area (Å²) in [6.07, 6.45) is 4.87. The lowest BCUT2D eigenvalue weighted by Gasteiger charge is -2.38. The van der Waals surface area contributed by atoms with Gasteiger partial charge in [0.1, 0.15) is 25.3 Å². The molecule has 25 heteroatoms. The van der Waals surface area contributed by atoms with Gasteiger partial charge in [0.2, 0.25) is 11.8 Å². The second-order valence-corrected chi connectivity index (χ2v) is 36.0. The Bertz CT molecular complexity index is 3150. The van der Waals surface area contributed by atoms with Gasteiger partial charge in [0.25, 0.3) is 11.8 Å². The Morgan fingerprint density at radius 3 is 1.54 bits per heavy atom. The van der Waals surface area contributed by atoms with Crippen LogP contribution in [0.25, 0.3) is 0 Å². The van der Waals surface area contributed by atoms with Crippen LogP contribution < -0.4 is 45.5 Å². The summed E-state index contributed by atoms with van der Waals surface area (Å²) in [4.78, 5) is 96.5. The van der Waals surface area contributed by atoms with Gasteiger partial charge in [-0.15, -0.1) is 0 Å². The molecule has 6 N–H and O–H groups in total.